The van der Waals surface area contributed by atoms with Gasteiger partial charge in [-0.05, 0) is 73.6 Å². The number of imide groups is 2. The van der Waals surface area contributed by atoms with Gasteiger partial charge in [-0.3, -0.25) is 24.4 Å². The van der Waals surface area contributed by atoms with E-state index in [0.29, 0.717) is 22.3 Å². The minimum Gasteiger partial charge on any atom is -0.507 e. The first-order valence-corrected chi connectivity index (χ1v) is 13.2. The molecule has 2 saturated heterocycles. The fourth-order valence-corrected chi connectivity index (χ4v) is 7.85. The Morgan fingerprint density at radius 3 is 2.18 bits per heavy atom. The summed E-state index contributed by atoms with van der Waals surface area (Å²) in [5.41, 5.74) is 2.15. The number of rotatable bonds is 2. The van der Waals surface area contributed by atoms with Gasteiger partial charge < -0.3 is 5.11 Å². The molecule has 3 fully saturated rings. The number of carbonyl (C=O) groups is 4. The first kappa shape index (κ1) is 26.0. The predicted octanol–water partition coefficient (Wildman–Crippen LogP) is 4.10. The van der Waals surface area contributed by atoms with Crippen LogP contribution in [0.3, 0.4) is 0 Å². The lowest BCUT2D eigenvalue weighted by Crippen LogP contribution is -2.60. The first-order chi connectivity index (χ1) is 18.3. The number of halogens is 3. The highest BCUT2D eigenvalue weighted by molar-refractivity contribution is 6.58. The molecule has 2 aliphatic carbocycles. The molecular formula is C28H23Cl2FN2O6. The van der Waals surface area contributed by atoms with Gasteiger partial charge in [0, 0.05) is 5.92 Å². The van der Waals surface area contributed by atoms with Crippen LogP contribution in [0.15, 0.2) is 48.0 Å². The van der Waals surface area contributed by atoms with E-state index in [1.165, 1.54) is 12.1 Å². The number of nitrogens with zero attached hydrogens (tertiary/aromatic N) is 2. The Hall–Kier alpha value is -3.27. The van der Waals surface area contributed by atoms with Crippen molar-refractivity contribution in [3.05, 3.63) is 70.6 Å². The van der Waals surface area contributed by atoms with E-state index in [4.69, 9.17) is 23.2 Å². The lowest BCUT2D eigenvalue weighted by Gasteiger charge is -2.50. The van der Waals surface area contributed by atoms with E-state index in [0.717, 1.165) is 17.0 Å². The fraction of sp³-hybridized carbons (Fsp3) is 0.357. The molecule has 2 heterocycles. The molecule has 4 aliphatic rings. The maximum atomic E-state index is 14.2. The molecule has 8 nitrogen and oxygen atoms in total. The summed E-state index contributed by atoms with van der Waals surface area (Å²) in [7, 11) is 0. The van der Waals surface area contributed by atoms with E-state index in [9.17, 15) is 33.9 Å². The number of hydroxylamine groups is 2. The number of hydrogen-bond donors (Lipinski definition) is 2. The van der Waals surface area contributed by atoms with Gasteiger partial charge in [-0.2, -0.15) is 5.06 Å². The van der Waals surface area contributed by atoms with Crippen LogP contribution in [-0.2, 0) is 19.2 Å². The van der Waals surface area contributed by atoms with Crippen LogP contribution in [0.25, 0.3) is 0 Å². The maximum absolute atomic E-state index is 14.2. The quantitative estimate of drug-likeness (QED) is 0.242. The normalized spacial score (nSPS) is 33.7. The zero-order chi connectivity index (χ0) is 28.2. The van der Waals surface area contributed by atoms with Crippen molar-refractivity contribution >= 4 is 52.5 Å². The molecule has 2 N–H and O–H groups in total. The monoisotopic (exact) mass is 572 g/mol. The summed E-state index contributed by atoms with van der Waals surface area (Å²) in [5.74, 6) is -7.32. The van der Waals surface area contributed by atoms with Crippen molar-refractivity contribution in [1.29, 1.82) is 0 Å². The van der Waals surface area contributed by atoms with E-state index >= 15 is 0 Å². The van der Waals surface area contributed by atoms with Crippen molar-refractivity contribution in [2.45, 2.75) is 42.4 Å². The van der Waals surface area contributed by atoms with Crippen LogP contribution in [0.4, 0.5) is 10.1 Å². The minimum absolute atomic E-state index is 0.0545. The van der Waals surface area contributed by atoms with Crippen LogP contribution in [0.5, 0.6) is 5.75 Å². The highest BCUT2D eigenvalue weighted by Gasteiger charge is 2.76. The van der Waals surface area contributed by atoms with E-state index in [1.807, 2.05) is 0 Å². The summed E-state index contributed by atoms with van der Waals surface area (Å²) in [6.45, 7) is 3.36. The van der Waals surface area contributed by atoms with E-state index in [-0.39, 0.29) is 29.3 Å². The summed E-state index contributed by atoms with van der Waals surface area (Å²) >= 11 is 14.5. The highest BCUT2D eigenvalue weighted by Crippen LogP contribution is 2.65. The molecule has 0 aromatic heterocycles. The van der Waals surface area contributed by atoms with Crippen molar-refractivity contribution in [2.24, 2.45) is 17.8 Å². The standard InChI is InChI=1S/C28H23Cl2FN2O6/c1-12-9-14(10-13(2)22(12)34)21-17-7-8-18-20(24(36)33(39)23(18)35)19(17)11-27(29)25(37)32(26(38)28(21,27)30)16-5-3-15(31)4-6-16/h3-7,9-10,18-21,34,39H,8,11H2,1-2H3/t18-,19+,20-,21-,27+,28-/m0/s1. The Labute approximate surface area is 232 Å². The summed E-state index contributed by atoms with van der Waals surface area (Å²) in [6, 6.07) is 8.07. The number of benzene rings is 2. The molecule has 0 radical (unpaired) electrons. The van der Waals surface area contributed by atoms with Crippen LogP contribution in [-0.4, -0.2) is 48.8 Å². The topological polar surface area (TPSA) is 115 Å². The lowest BCUT2D eigenvalue weighted by molar-refractivity contribution is -0.173. The summed E-state index contributed by atoms with van der Waals surface area (Å²) in [6.07, 6.45) is 1.63. The molecule has 6 atom stereocenters. The summed E-state index contributed by atoms with van der Waals surface area (Å²) in [5, 5.41) is 20.7. The van der Waals surface area contributed by atoms with Crippen molar-refractivity contribution in [3.63, 3.8) is 0 Å². The Kier molecular flexibility index (Phi) is 5.57. The molecule has 11 heteroatoms. The van der Waals surface area contributed by atoms with E-state index < -0.39 is 62.9 Å². The van der Waals surface area contributed by atoms with Gasteiger partial charge in [0.1, 0.15) is 11.6 Å². The van der Waals surface area contributed by atoms with Gasteiger partial charge in [-0.15, -0.1) is 23.2 Å². The smallest absolute Gasteiger partial charge is 0.258 e. The third-order valence-corrected chi connectivity index (χ3v) is 10.1. The van der Waals surface area contributed by atoms with Crippen molar-refractivity contribution in [1.82, 2.24) is 5.06 Å². The molecular weight excluding hydrogens is 550 g/mol. The van der Waals surface area contributed by atoms with Crippen LogP contribution >= 0.6 is 23.2 Å². The number of phenols is 1. The van der Waals surface area contributed by atoms with Crippen LogP contribution < -0.4 is 4.90 Å². The second kappa shape index (κ2) is 8.36. The number of alkyl halides is 2. The molecule has 4 amide bonds. The van der Waals surface area contributed by atoms with E-state index in [1.54, 1.807) is 32.1 Å². The SMILES string of the molecule is Cc1cc([C@H]2C3=CC[C@@H]4C(=O)N(O)C(=O)[C@@H]4[C@@H]3C[C@@]3(Cl)C(=O)N(c4ccc(F)cc4)C(=O)[C@@]23Cl)cc(C)c1O. The van der Waals surface area contributed by atoms with Crippen LogP contribution in [0, 0.1) is 37.4 Å². The third kappa shape index (κ3) is 3.21. The number of aromatic hydroxyl groups is 1. The molecule has 0 bridgehead atoms. The average molecular weight is 573 g/mol. The Balaban J connectivity index is 1.60. The number of allylic oxidation sites excluding steroid dienone is 2. The van der Waals surface area contributed by atoms with E-state index in [2.05, 4.69) is 0 Å². The molecule has 1 saturated carbocycles. The van der Waals surface area contributed by atoms with Gasteiger partial charge >= 0.3 is 0 Å². The largest absolute Gasteiger partial charge is 0.507 e. The second-order valence-corrected chi connectivity index (χ2v) is 12.0. The maximum Gasteiger partial charge on any atom is 0.258 e. The number of aryl methyl sites for hydroxylation is 2. The molecule has 202 valence electrons. The molecule has 39 heavy (non-hydrogen) atoms. The Bertz CT molecular complexity index is 1500. The summed E-state index contributed by atoms with van der Waals surface area (Å²) < 4.78 is 13.7. The highest BCUT2D eigenvalue weighted by atomic mass is 35.5. The number of hydrogen-bond acceptors (Lipinski definition) is 6. The first-order valence-electron chi connectivity index (χ1n) is 12.4. The lowest BCUT2D eigenvalue weighted by atomic mass is 9.56. The molecule has 0 unspecified atom stereocenters. The van der Waals surface area contributed by atoms with Crippen molar-refractivity contribution < 1.29 is 33.9 Å². The Morgan fingerprint density at radius 2 is 1.56 bits per heavy atom. The zero-order valence-electron chi connectivity index (χ0n) is 20.8. The molecule has 2 aromatic rings. The Morgan fingerprint density at radius 1 is 0.949 bits per heavy atom. The van der Waals surface area contributed by atoms with Gasteiger partial charge in [0.15, 0.2) is 9.75 Å². The zero-order valence-corrected chi connectivity index (χ0v) is 22.3. The number of carbonyl (C=O) groups excluding carboxylic acids is 4. The van der Waals surface area contributed by atoms with Gasteiger partial charge in [0.05, 0.1) is 17.5 Å². The third-order valence-electron chi connectivity index (χ3n) is 8.72. The summed E-state index contributed by atoms with van der Waals surface area (Å²) in [4.78, 5) is 50.7. The van der Waals surface area contributed by atoms with Crippen LogP contribution in [0.1, 0.15) is 35.4 Å². The van der Waals surface area contributed by atoms with Crippen molar-refractivity contribution in [3.8, 4) is 5.75 Å². The number of anilines is 1. The molecule has 6 rings (SSSR count). The van der Waals surface area contributed by atoms with Gasteiger partial charge in [0.2, 0.25) is 0 Å². The van der Waals surface area contributed by atoms with Crippen LogP contribution in [0.2, 0.25) is 0 Å². The predicted molar refractivity (Wildman–Crippen MR) is 138 cm³/mol. The van der Waals surface area contributed by atoms with Crippen molar-refractivity contribution in [2.75, 3.05) is 4.90 Å². The number of fused-ring (bicyclic) bond motifs is 4. The van der Waals surface area contributed by atoms with Gasteiger partial charge in [-0.1, -0.05) is 23.8 Å². The van der Waals surface area contributed by atoms with Gasteiger partial charge in [0.25, 0.3) is 23.6 Å². The second-order valence-electron chi connectivity index (χ2n) is 10.7. The molecule has 0 spiro atoms. The molecule has 2 aliphatic heterocycles. The fourth-order valence-electron chi connectivity index (χ4n) is 6.91. The average Bonchev–Trinajstić information content (AvgIpc) is 3.20. The molecule has 2 aromatic carbocycles. The number of amides is 4. The van der Waals surface area contributed by atoms with Gasteiger partial charge in [-0.25, -0.2) is 9.29 Å². The number of phenolic OH excluding ortho intramolecular Hbond substituents is 1. The minimum atomic E-state index is -2.06.